The lowest BCUT2D eigenvalue weighted by molar-refractivity contribution is -0.115. The van der Waals surface area contributed by atoms with Crippen molar-refractivity contribution in [3.8, 4) is 0 Å². The summed E-state index contributed by atoms with van der Waals surface area (Å²) < 4.78 is -1.67. The number of halogens is 3. The van der Waals surface area contributed by atoms with Gasteiger partial charge in [0.2, 0.25) is 0 Å². The molecule has 0 spiro atoms. The van der Waals surface area contributed by atoms with Crippen LogP contribution in [0.25, 0.3) is 0 Å². The van der Waals surface area contributed by atoms with E-state index in [0.717, 1.165) is 0 Å². The zero-order chi connectivity index (χ0) is 10.6. The number of benzene rings is 1. The number of carbonyl (C=O) groups is 1. The lowest BCUT2D eigenvalue weighted by Gasteiger charge is -2.14. The first-order valence-corrected chi connectivity index (χ1v) is 6.00. The standard InChI is InChI=1S/C8H6Cl3NOS/c9-8(10,14-11)7(13)12-6-4-2-1-3-5-6/h1-5H,(H,12,13). The van der Waals surface area contributed by atoms with Crippen molar-refractivity contribution in [1.82, 2.24) is 0 Å². The lowest BCUT2D eigenvalue weighted by atomic mass is 10.3. The molecular formula is C8H6Cl3NOS. The number of amides is 1. The van der Waals surface area contributed by atoms with Crippen LogP contribution in [-0.2, 0) is 4.79 Å². The predicted octanol–water partition coefficient (Wildman–Crippen LogP) is 3.64. The fourth-order valence-corrected chi connectivity index (χ4v) is 1.19. The van der Waals surface area contributed by atoms with Crippen molar-refractivity contribution in [3.05, 3.63) is 30.3 Å². The molecule has 1 N–H and O–H groups in total. The number of para-hydroxylation sites is 1. The van der Waals surface area contributed by atoms with E-state index in [9.17, 15) is 4.79 Å². The average molecular weight is 271 g/mol. The van der Waals surface area contributed by atoms with Crippen LogP contribution in [0.4, 0.5) is 5.69 Å². The van der Waals surface area contributed by atoms with Gasteiger partial charge >= 0.3 is 0 Å². The van der Waals surface area contributed by atoms with Crippen LogP contribution in [0.15, 0.2) is 30.3 Å². The lowest BCUT2D eigenvalue weighted by Crippen LogP contribution is -2.28. The van der Waals surface area contributed by atoms with Crippen LogP contribution < -0.4 is 5.32 Å². The Morgan fingerprint density at radius 2 is 1.86 bits per heavy atom. The molecule has 0 saturated heterocycles. The van der Waals surface area contributed by atoms with Gasteiger partial charge in [-0.2, -0.15) is 0 Å². The van der Waals surface area contributed by atoms with E-state index in [-0.39, 0.29) is 0 Å². The molecule has 0 aromatic heterocycles. The van der Waals surface area contributed by atoms with Gasteiger partial charge in [-0.25, -0.2) is 0 Å². The first kappa shape index (κ1) is 12.0. The number of carbonyl (C=O) groups excluding carboxylic acids is 1. The van der Waals surface area contributed by atoms with Gasteiger partial charge in [-0.15, -0.1) is 0 Å². The summed E-state index contributed by atoms with van der Waals surface area (Å²) in [7, 11) is 5.89. The van der Waals surface area contributed by atoms with Gasteiger partial charge in [0.05, 0.1) is 0 Å². The Bertz CT molecular complexity index is 318. The quantitative estimate of drug-likeness (QED) is 0.850. The Labute approximate surface area is 100 Å². The molecule has 2 nitrogen and oxygen atoms in total. The Morgan fingerprint density at radius 1 is 1.29 bits per heavy atom. The molecule has 0 fully saturated rings. The number of rotatable bonds is 3. The summed E-state index contributed by atoms with van der Waals surface area (Å²) in [5.74, 6) is -0.563. The summed E-state index contributed by atoms with van der Waals surface area (Å²) in [6, 6.07) is 8.85. The van der Waals surface area contributed by atoms with E-state index in [2.05, 4.69) is 5.32 Å². The second-order valence-electron chi connectivity index (χ2n) is 2.41. The van der Waals surface area contributed by atoms with Gasteiger partial charge < -0.3 is 5.32 Å². The van der Waals surface area contributed by atoms with Gasteiger partial charge in [0.25, 0.3) is 9.57 Å². The average Bonchev–Trinajstić information content (AvgIpc) is 2.19. The minimum atomic E-state index is -1.67. The first-order chi connectivity index (χ1) is 6.56. The number of hydrogen-bond acceptors (Lipinski definition) is 2. The third-order valence-electron chi connectivity index (χ3n) is 1.39. The number of alkyl halides is 2. The van der Waals surface area contributed by atoms with E-state index in [1.165, 1.54) is 0 Å². The van der Waals surface area contributed by atoms with Crippen LogP contribution in [0.2, 0.25) is 0 Å². The van der Waals surface area contributed by atoms with Crippen molar-refractivity contribution in [2.24, 2.45) is 0 Å². The highest BCUT2D eigenvalue weighted by Crippen LogP contribution is 2.38. The Kier molecular flexibility index (Phi) is 4.38. The van der Waals surface area contributed by atoms with Crippen molar-refractivity contribution in [2.45, 2.75) is 3.67 Å². The van der Waals surface area contributed by atoms with Gasteiger partial charge in [-0.05, 0) is 33.8 Å². The van der Waals surface area contributed by atoms with Crippen LogP contribution >= 0.6 is 44.9 Å². The SMILES string of the molecule is O=C(Nc1ccccc1)C(Cl)(Cl)SCl. The van der Waals surface area contributed by atoms with E-state index >= 15 is 0 Å². The second-order valence-corrected chi connectivity index (χ2v) is 5.42. The van der Waals surface area contributed by atoms with Crippen LogP contribution in [0.5, 0.6) is 0 Å². The fourth-order valence-electron chi connectivity index (χ4n) is 0.760. The fraction of sp³-hybridized carbons (Fsp3) is 0.125. The predicted molar refractivity (Wildman–Crippen MR) is 63.0 cm³/mol. The summed E-state index contributed by atoms with van der Waals surface area (Å²) in [4.78, 5) is 11.4. The summed E-state index contributed by atoms with van der Waals surface area (Å²) in [5.41, 5.74) is 0.619. The molecule has 1 rings (SSSR count). The molecule has 0 radical (unpaired) electrons. The van der Waals surface area contributed by atoms with Crippen LogP contribution in [-0.4, -0.2) is 9.57 Å². The topological polar surface area (TPSA) is 29.1 Å². The molecule has 1 amide bonds. The van der Waals surface area contributed by atoms with E-state index in [4.69, 9.17) is 33.9 Å². The largest absolute Gasteiger partial charge is 0.323 e. The highest BCUT2D eigenvalue weighted by Gasteiger charge is 2.34. The van der Waals surface area contributed by atoms with Crippen molar-refractivity contribution in [2.75, 3.05) is 5.32 Å². The van der Waals surface area contributed by atoms with E-state index in [1.807, 2.05) is 6.07 Å². The molecule has 0 aliphatic heterocycles. The smallest absolute Gasteiger partial charge is 0.272 e. The van der Waals surface area contributed by atoms with Crippen molar-refractivity contribution >= 4 is 56.5 Å². The molecule has 0 aliphatic rings. The zero-order valence-corrected chi connectivity index (χ0v) is 9.92. The molecule has 0 heterocycles. The maximum Gasteiger partial charge on any atom is 0.272 e. The van der Waals surface area contributed by atoms with Crippen molar-refractivity contribution in [3.63, 3.8) is 0 Å². The van der Waals surface area contributed by atoms with Gasteiger partial charge in [0, 0.05) is 5.69 Å². The Morgan fingerprint density at radius 3 is 2.36 bits per heavy atom. The molecular weight excluding hydrogens is 265 g/mol. The van der Waals surface area contributed by atoms with E-state index in [0.29, 0.717) is 16.7 Å². The van der Waals surface area contributed by atoms with Gasteiger partial charge in [0.15, 0.2) is 0 Å². The van der Waals surface area contributed by atoms with Gasteiger partial charge in [-0.1, -0.05) is 41.4 Å². The normalized spacial score (nSPS) is 11.1. The number of nitrogens with one attached hydrogen (secondary N) is 1. The summed E-state index contributed by atoms with van der Waals surface area (Å²) in [5, 5.41) is 2.52. The maximum atomic E-state index is 11.4. The van der Waals surface area contributed by atoms with Crippen molar-refractivity contribution in [1.29, 1.82) is 0 Å². The Balaban J connectivity index is 2.67. The molecule has 14 heavy (non-hydrogen) atoms. The third-order valence-corrected chi connectivity index (χ3v) is 3.75. The molecule has 1 aromatic rings. The van der Waals surface area contributed by atoms with E-state index in [1.54, 1.807) is 24.3 Å². The van der Waals surface area contributed by atoms with Crippen LogP contribution in [0, 0.1) is 0 Å². The third kappa shape index (κ3) is 3.24. The first-order valence-electron chi connectivity index (χ1n) is 3.60. The van der Waals surface area contributed by atoms with Gasteiger partial charge in [-0.3, -0.25) is 4.79 Å². The second kappa shape index (κ2) is 5.12. The minimum Gasteiger partial charge on any atom is -0.323 e. The summed E-state index contributed by atoms with van der Waals surface area (Å²) in [6.07, 6.45) is 0. The van der Waals surface area contributed by atoms with Crippen LogP contribution in [0.3, 0.4) is 0 Å². The molecule has 0 saturated carbocycles. The summed E-state index contributed by atoms with van der Waals surface area (Å²) >= 11 is 11.2. The highest BCUT2D eigenvalue weighted by atomic mass is 35.7. The van der Waals surface area contributed by atoms with Crippen molar-refractivity contribution < 1.29 is 4.79 Å². The monoisotopic (exact) mass is 269 g/mol. The zero-order valence-electron chi connectivity index (χ0n) is 6.84. The molecule has 6 heteroatoms. The van der Waals surface area contributed by atoms with Gasteiger partial charge in [0.1, 0.15) is 0 Å². The Hall–Kier alpha value is -0.0900. The molecule has 76 valence electrons. The maximum absolute atomic E-state index is 11.4. The molecule has 0 atom stereocenters. The molecule has 0 unspecified atom stereocenters. The van der Waals surface area contributed by atoms with E-state index < -0.39 is 9.57 Å². The molecule has 1 aromatic carbocycles. The minimum absolute atomic E-state index is 0.545. The summed E-state index contributed by atoms with van der Waals surface area (Å²) in [6.45, 7) is 0. The molecule has 0 aliphatic carbocycles. The number of anilines is 1. The number of hydrogen-bond donors (Lipinski definition) is 1. The molecule has 0 bridgehead atoms. The van der Waals surface area contributed by atoms with Crippen LogP contribution in [0.1, 0.15) is 0 Å². The highest BCUT2D eigenvalue weighted by molar-refractivity contribution is 8.24.